The Hall–Kier alpha value is -1.97. The Balaban J connectivity index is 2.60. The second-order valence-electron chi connectivity index (χ2n) is 5.44. The zero-order chi connectivity index (χ0) is 13.3. The van der Waals surface area contributed by atoms with Gasteiger partial charge in [-0.25, -0.2) is 9.97 Å². The molecule has 2 aromatic rings. The van der Waals surface area contributed by atoms with Crippen LogP contribution in [0.3, 0.4) is 0 Å². The standard InChI is InChI=1S/C14H18N4/c1-9-5-6-16-8-10(9)13-17-11(14(2,3)4)7-12(15)18-13/h5-8H,1-4H3,(H2,15,17,18). The Morgan fingerprint density at radius 1 is 1.17 bits per heavy atom. The summed E-state index contributed by atoms with van der Waals surface area (Å²) in [7, 11) is 0. The summed E-state index contributed by atoms with van der Waals surface area (Å²) >= 11 is 0. The second-order valence-corrected chi connectivity index (χ2v) is 5.44. The smallest absolute Gasteiger partial charge is 0.163 e. The molecule has 2 aromatic heterocycles. The highest BCUT2D eigenvalue weighted by Gasteiger charge is 2.18. The van der Waals surface area contributed by atoms with Crippen molar-refractivity contribution >= 4 is 5.82 Å². The van der Waals surface area contributed by atoms with Crippen LogP contribution >= 0.6 is 0 Å². The summed E-state index contributed by atoms with van der Waals surface area (Å²) < 4.78 is 0. The Morgan fingerprint density at radius 2 is 1.89 bits per heavy atom. The van der Waals surface area contributed by atoms with E-state index in [0.717, 1.165) is 16.8 Å². The third-order valence-electron chi connectivity index (χ3n) is 2.79. The van der Waals surface area contributed by atoms with Crippen LogP contribution in [-0.4, -0.2) is 15.0 Å². The maximum absolute atomic E-state index is 5.87. The maximum atomic E-state index is 5.87. The predicted octanol–water partition coefficient (Wildman–Crippen LogP) is 2.73. The van der Waals surface area contributed by atoms with Crippen LogP contribution in [0.1, 0.15) is 32.0 Å². The van der Waals surface area contributed by atoms with Gasteiger partial charge in [-0.2, -0.15) is 0 Å². The lowest BCUT2D eigenvalue weighted by atomic mass is 9.92. The van der Waals surface area contributed by atoms with Crippen LogP contribution in [0.25, 0.3) is 11.4 Å². The third kappa shape index (κ3) is 2.47. The molecule has 94 valence electrons. The number of rotatable bonds is 1. The van der Waals surface area contributed by atoms with Crippen molar-refractivity contribution in [2.75, 3.05) is 5.73 Å². The van der Waals surface area contributed by atoms with E-state index in [2.05, 4.69) is 35.7 Å². The van der Waals surface area contributed by atoms with Crippen molar-refractivity contribution < 1.29 is 0 Å². The number of nitrogens with two attached hydrogens (primary N) is 1. The fourth-order valence-electron chi connectivity index (χ4n) is 1.67. The van der Waals surface area contributed by atoms with Crippen LogP contribution in [-0.2, 0) is 5.41 Å². The second kappa shape index (κ2) is 4.37. The first-order valence-electron chi connectivity index (χ1n) is 5.94. The Bertz CT molecular complexity index is 570. The summed E-state index contributed by atoms with van der Waals surface area (Å²) in [4.78, 5) is 13.0. The molecule has 0 atom stereocenters. The van der Waals surface area contributed by atoms with Crippen molar-refractivity contribution in [3.05, 3.63) is 35.8 Å². The van der Waals surface area contributed by atoms with E-state index in [1.807, 2.05) is 19.1 Å². The summed E-state index contributed by atoms with van der Waals surface area (Å²) in [6.07, 6.45) is 3.53. The highest BCUT2D eigenvalue weighted by molar-refractivity contribution is 5.60. The van der Waals surface area contributed by atoms with Gasteiger partial charge in [0.2, 0.25) is 0 Å². The molecule has 0 aliphatic rings. The summed E-state index contributed by atoms with van der Waals surface area (Å²) in [5.74, 6) is 1.14. The number of aromatic nitrogens is 3. The molecule has 0 unspecified atom stereocenters. The van der Waals surface area contributed by atoms with Crippen LogP contribution in [0, 0.1) is 6.92 Å². The van der Waals surface area contributed by atoms with Crippen LogP contribution in [0.5, 0.6) is 0 Å². The molecule has 4 heteroatoms. The maximum Gasteiger partial charge on any atom is 0.163 e. The van der Waals surface area contributed by atoms with E-state index < -0.39 is 0 Å². The number of hydrogen-bond acceptors (Lipinski definition) is 4. The largest absolute Gasteiger partial charge is 0.384 e. The molecule has 0 aliphatic carbocycles. The molecular weight excluding hydrogens is 224 g/mol. The number of anilines is 1. The first-order chi connectivity index (χ1) is 8.38. The summed E-state index contributed by atoms with van der Waals surface area (Å²) in [5, 5.41) is 0. The molecule has 0 saturated carbocycles. The van der Waals surface area contributed by atoms with Crippen molar-refractivity contribution in [3.63, 3.8) is 0 Å². The summed E-state index contributed by atoms with van der Waals surface area (Å²) in [5.41, 5.74) is 8.78. The van der Waals surface area contributed by atoms with Gasteiger partial charge in [0.1, 0.15) is 5.82 Å². The van der Waals surface area contributed by atoms with E-state index in [-0.39, 0.29) is 5.41 Å². The summed E-state index contributed by atoms with van der Waals surface area (Å²) in [6, 6.07) is 3.77. The Labute approximate surface area is 107 Å². The Morgan fingerprint density at radius 3 is 2.50 bits per heavy atom. The van der Waals surface area contributed by atoms with Gasteiger partial charge in [0, 0.05) is 29.4 Å². The minimum atomic E-state index is -0.0536. The van der Waals surface area contributed by atoms with E-state index in [1.54, 1.807) is 12.4 Å². The van der Waals surface area contributed by atoms with Gasteiger partial charge in [0.05, 0.1) is 5.69 Å². The van der Waals surface area contributed by atoms with E-state index in [9.17, 15) is 0 Å². The average molecular weight is 242 g/mol. The molecule has 0 spiro atoms. The van der Waals surface area contributed by atoms with Gasteiger partial charge in [0.25, 0.3) is 0 Å². The number of nitrogen functional groups attached to an aromatic ring is 1. The minimum Gasteiger partial charge on any atom is -0.384 e. The molecule has 0 aromatic carbocycles. The highest BCUT2D eigenvalue weighted by Crippen LogP contribution is 2.25. The zero-order valence-corrected chi connectivity index (χ0v) is 11.2. The highest BCUT2D eigenvalue weighted by atomic mass is 15.0. The number of nitrogens with zero attached hydrogens (tertiary/aromatic N) is 3. The molecule has 0 bridgehead atoms. The van der Waals surface area contributed by atoms with E-state index in [1.165, 1.54) is 0 Å². The number of aryl methyl sites for hydroxylation is 1. The molecule has 4 nitrogen and oxygen atoms in total. The van der Waals surface area contributed by atoms with E-state index in [4.69, 9.17) is 5.73 Å². The topological polar surface area (TPSA) is 64.7 Å². The summed E-state index contributed by atoms with van der Waals surface area (Å²) in [6.45, 7) is 8.33. The van der Waals surface area contributed by atoms with E-state index in [0.29, 0.717) is 11.6 Å². The van der Waals surface area contributed by atoms with Crippen LogP contribution in [0.2, 0.25) is 0 Å². The molecule has 2 heterocycles. The lowest BCUT2D eigenvalue weighted by molar-refractivity contribution is 0.568. The van der Waals surface area contributed by atoms with E-state index >= 15 is 0 Å². The van der Waals surface area contributed by atoms with Gasteiger partial charge in [-0.3, -0.25) is 4.98 Å². The first-order valence-corrected chi connectivity index (χ1v) is 5.94. The van der Waals surface area contributed by atoms with Crippen molar-refractivity contribution in [2.24, 2.45) is 0 Å². The quantitative estimate of drug-likeness (QED) is 0.835. The van der Waals surface area contributed by atoms with Gasteiger partial charge in [0.15, 0.2) is 5.82 Å². The average Bonchev–Trinajstić information content (AvgIpc) is 2.27. The molecule has 18 heavy (non-hydrogen) atoms. The molecule has 0 fully saturated rings. The van der Waals surface area contributed by atoms with Crippen molar-refractivity contribution in [1.82, 2.24) is 15.0 Å². The lowest BCUT2D eigenvalue weighted by Gasteiger charge is -2.19. The van der Waals surface area contributed by atoms with Crippen molar-refractivity contribution in [3.8, 4) is 11.4 Å². The van der Waals surface area contributed by atoms with Crippen LogP contribution in [0.15, 0.2) is 24.5 Å². The fourth-order valence-corrected chi connectivity index (χ4v) is 1.67. The first kappa shape index (κ1) is 12.5. The monoisotopic (exact) mass is 242 g/mol. The molecule has 0 aliphatic heterocycles. The molecule has 0 amide bonds. The van der Waals surface area contributed by atoms with Gasteiger partial charge >= 0.3 is 0 Å². The number of pyridine rings is 1. The third-order valence-corrected chi connectivity index (χ3v) is 2.79. The van der Waals surface area contributed by atoms with Crippen LogP contribution < -0.4 is 5.73 Å². The van der Waals surface area contributed by atoms with Crippen molar-refractivity contribution in [1.29, 1.82) is 0 Å². The molecule has 2 N–H and O–H groups in total. The normalized spacial score (nSPS) is 11.6. The minimum absolute atomic E-state index is 0.0536. The SMILES string of the molecule is Cc1ccncc1-c1nc(N)cc(C(C)(C)C)n1. The molecule has 0 saturated heterocycles. The van der Waals surface area contributed by atoms with Gasteiger partial charge in [-0.05, 0) is 18.6 Å². The molecule has 0 radical (unpaired) electrons. The predicted molar refractivity (Wildman–Crippen MR) is 73.1 cm³/mol. The van der Waals surface area contributed by atoms with Gasteiger partial charge < -0.3 is 5.73 Å². The van der Waals surface area contributed by atoms with Crippen molar-refractivity contribution in [2.45, 2.75) is 33.1 Å². The molecule has 2 rings (SSSR count). The van der Waals surface area contributed by atoms with Gasteiger partial charge in [-0.1, -0.05) is 20.8 Å². The van der Waals surface area contributed by atoms with Crippen LogP contribution in [0.4, 0.5) is 5.82 Å². The zero-order valence-electron chi connectivity index (χ0n) is 11.2. The lowest BCUT2D eigenvalue weighted by Crippen LogP contribution is -2.15. The fraction of sp³-hybridized carbons (Fsp3) is 0.357. The number of hydrogen-bond donors (Lipinski definition) is 1. The molecular formula is C14H18N4. The van der Waals surface area contributed by atoms with Gasteiger partial charge in [-0.15, -0.1) is 0 Å². The Kier molecular flexibility index (Phi) is 3.03.